The molecule has 0 unspecified atom stereocenters. The predicted molar refractivity (Wildman–Crippen MR) is 80.8 cm³/mol. The van der Waals surface area contributed by atoms with E-state index >= 15 is 0 Å². The maximum atomic E-state index is 5.25. The van der Waals surface area contributed by atoms with Crippen molar-refractivity contribution in [1.29, 1.82) is 0 Å². The second kappa shape index (κ2) is 6.62. The maximum absolute atomic E-state index is 5.25. The molecule has 0 aliphatic rings. The Morgan fingerprint density at radius 3 is 2.79 bits per heavy atom. The van der Waals surface area contributed by atoms with Crippen LogP contribution in [-0.4, -0.2) is 24.8 Å². The van der Waals surface area contributed by atoms with Gasteiger partial charge < -0.3 is 14.6 Å². The monoisotopic (exact) mass is 260 g/mol. The summed E-state index contributed by atoms with van der Waals surface area (Å²) in [6.45, 7) is 7.64. The first-order valence-corrected chi connectivity index (χ1v) is 7.04. The minimum absolute atomic E-state index is 0.771. The van der Waals surface area contributed by atoms with E-state index in [0.29, 0.717) is 0 Å². The molecule has 2 aromatic rings. The summed E-state index contributed by atoms with van der Waals surface area (Å²) in [7, 11) is 1.71. The highest BCUT2D eigenvalue weighted by molar-refractivity contribution is 5.81. The number of hydrogen-bond acceptors (Lipinski definition) is 2. The summed E-state index contributed by atoms with van der Waals surface area (Å²) in [5.74, 6) is 1.69. The zero-order valence-corrected chi connectivity index (χ0v) is 12.1. The second-order valence-electron chi connectivity index (χ2n) is 5.37. The first-order valence-electron chi connectivity index (χ1n) is 7.04. The minimum Gasteiger partial charge on any atom is -0.497 e. The van der Waals surface area contributed by atoms with E-state index in [9.17, 15) is 0 Å². The van der Waals surface area contributed by atoms with Gasteiger partial charge >= 0.3 is 0 Å². The van der Waals surface area contributed by atoms with Crippen LogP contribution in [0.4, 0.5) is 0 Å². The number of nitrogens with one attached hydrogen (secondary N) is 1. The molecule has 2 rings (SSSR count). The number of aromatic nitrogens is 1. The van der Waals surface area contributed by atoms with E-state index in [1.54, 1.807) is 7.11 Å². The van der Waals surface area contributed by atoms with Gasteiger partial charge in [-0.25, -0.2) is 0 Å². The summed E-state index contributed by atoms with van der Waals surface area (Å²) in [6, 6.07) is 8.37. The second-order valence-corrected chi connectivity index (χ2v) is 5.37. The zero-order chi connectivity index (χ0) is 13.7. The summed E-state index contributed by atoms with van der Waals surface area (Å²) in [4.78, 5) is 0. The van der Waals surface area contributed by atoms with E-state index in [1.165, 1.54) is 17.3 Å². The maximum Gasteiger partial charge on any atom is 0.119 e. The van der Waals surface area contributed by atoms with Crippen molar-refractivity contribution < 1.29 is 4.74 Å². The summed E-state index contributed by atoms with van der Waals surface area (Å²) >= 11 is 0. The average Bonchev–Trinajstić information content (AvgIpc) is 2.80. The Labute approximate surface area is 115 Å². The zero-order valence-electron chi connectivity index (χ0n) is 12.1. The van der Waals surface area contributed by atoms with Crippen LogP contribution in [0.3, 0.4) is 0 Å². The lowest BCUT2D eigenvalue weighted by Crippen LogP contribution is -2.21. The van der Waals surface area contributed by atoms with Gasteiger partial charge in [0.15, 0.2) is 0 Å². The molecule has 104 valence electrons. The normalized spacial score (nSPS) is 11.4. The molecule has 19 heavy (non-hydrogen) atoms. The third-order valence-corrected chi connectivity index (χ3v) is 3.41. The van der Waals surface area contributed by atoms with Crippen LogP contribution in [-0.2, 0) is 6.54 Å². The molecule has 0 aliphatic heterocycles. The molecule has 1 N–H and O–H groups in total. The van der Waals surface area contributed by atoms with Crippen molar-refractivity contribution in [3.05, 3.63) is 30.5 Å². The van der Waals surface area contributed by atoms with Crippen LogP contribution < -0.4 is 10.1 Å². The SMILES string of the molecule is COc1ccc2c(ccn2CCNCCC(C)C)c1. The van der Waals surface area contributed by atoms with Crippen LogP contribution >= 0.6 is 0 Å². The van der Waals surface area contributed by atoms with Crippen LogP contribution in [0.15, 0.2) is 30.5 Å². The third-order valence-electron chi connectivity index (χ3n) is 3.41. The Morgan fingerprint density at radius 2 is 2.05 bits per heavy atom. The number of ether oxygens (including phenoxy) is 1. The summed E-state index contributed by atoms with van der Waals surface area (Å²) in [5, 5.41) is 4.73. The Hall–Kier alpha value is -1.48. The molecule has 0 bridgehead atoms. The van der Waals surface area contributed by atoms with Gasteiger partial charge in [-0.3, -0.25) is 0 Å². The molecule has 0 radical (unpaired) electrons. The highest BCUT2D eigenvalue weighted by atomic mass is 16.5. The number of rotatable bonds is 7. The van der Waals surface area contributed by atoms with Crippen LogP contribution in [0.5, 0.6) is 5.75 Å². The fourth-order valence-electron chi connectivity index (χ4n) is 2.22. The fourth-order valence-corrected chi connectivity index (χ4v) is 2.22. The number of methoxy groups -OCH3 is 1. The predicted octanol–water partition coefficient (Wildman–Crippen LogP) is 3.29. The van der Waals surface area contributed by atoms with E-state index in [0.717, 1.165) is 31.3 Å². The molecule has 1 aromatic heterocycles. The molecular formula is C16H24N2O. The Kier molecular flexibility index (Phi) is 4.86. The van der Waals surface area contributed by atoms with Gasteiger partial charge in [-0.05, 0) is 43.1 Å². The molecule has 0 saturated carbocycles. The van der Waals surface area contributed by atoms with Gasteiger partial charge in [0.25, 0.3) is 0 Å². The Bertz CT molecular complexity index is 516. The smallest absolute Gasteiger partial charge is 0.119 e. The van der Waals surface area contributed by atoms with E-state index in [2.05, 4.69) is 48.1 Å². The molecule has 3 heteroatoms. The van der Waals surface area contributed by atoms with Crippen LogP contribution in [0.25, 0.3) is 10.9 Å². The molecule has 0 amide bonds. The topological polar surface area (TPSA) is 26.2 Å². The lowest BCUT2D eigenvalue weighted by molar-refractivity contribution is 0.415. The first-order chi connectivity index (χ1) is 9.20. The minimum atomic E-state index is 0.771. The van der Waals surface area contributed by atoms with E-state index < -0.39 is 0 Å². The van der Waals surface area contributed by atoms with Crippen molar-refractivity contribution in [3.8, 4) is 5.75 Å². The van der Waals surface area contributed by atoms with Crippen LogP contribution in [0.2, 0.25) is 0 Å². The van der Waals surface area contributed by atoms with Gasteiger partial charge in [0.05, 0.1) is 7.11 Å². The number of fused-ring (bicyclic) bond motifs is 1. The molecule has 0 saturated heterocycles. The lowest BCUT2D eigenvalue weighted by Gasteiger charge is -2.09. The van der Waals surface area contributed by atoms with Crippen LogP contribution in [0.1, 0.15) is 20.3 Å². The highest BCUT2D eigenvalue weighted by Gasteiger charge is 2.02. The molecule has 0 spiro atoms. The van der Waals surface area contributed by atoms with Crippen molar-refractivity contribution in [3.63, 3.8) is 0 Å². The molecule has 1 heterocycles. The Balaban J connectivity index is 1.90. The standard InChI is InChI=1S/C16H24N2O/c1-13(2)6-8-17-9-11-18-10-7-14-12-15(19-3)4-5-16(14)18/h4-5,7,10,12-13,17H,6,8-9,11H2,1-3H3. The van der Waals surface area contributed by atoms with E-state index in [4.69, 9.17) is 4.74 Å². The highest BCUT2D eigenvalue weighted by Crippen LogP contribution is 2.21. The van der Waals surface area contributed by atoms with Gasteiger partial charge in [0.1, 0.15) is 5.75 Å². The van der Waals surface area contributed by atoms with E-state index in [1.807, 2.05) is 6.07 Å². The molecule has 3 nitrogen and oxygen atoms in total. The summed E-state index contributed by atoms with van der Waals surface area (Å²) in [6.07, 6.45) is 3.39. The van der Waals surface area contributed by atoms with Gasteiger partial charge in [0, 0.05) is 30.2 Å². The Morgan fingerprint density at radius 1 is 1.21 bits per heavy atom. The summed E-state index contributed by atoms with van der Waals surface area (Å²) < 4.78 is 7.53. The van der Waals surface area contributed by atoms with Gasteiger partial charge in [-0.15, -0.1) is 0 Å². The van der Waals surface area contributed by atoms with Crippen LogP contribution in [0, 0.1) is 5.92 Å². The molecule has 1 aromatic carbocycles. The fraction of sp³-hybridized carbons (Fsp3) is 0.500. The van der Waals surface area contributed by atoms with Gasteiger partial charge in [-0.2, -0.15) is 0 Å². The largest absolute Gasteiger partial charge is 0.497 e. The first kappa shape index (κ1) is 13.9. The van der Waals surface area contributed by atoms with Crippen molar-refractivity contribution in [2.45, 2.75) is 26.8 Å². The molecule has 0 fully saturated rings. The number of benzene rings is 1. The number of nitrogens with zero attached hydrogens (tertiary/aromatic N) is 1. The molecule has 0 atom stereocenters. The van der Waals surface area contributed by atoms with Gasteiger partial charge in [0.2, 0.25) is 0 Å². The molecule has 0 aliphatic carbocycles. The molecular weight excluding hydrogens is 236 g/mol. The number of hydrogen-bond donors (Lipinski definition) is 1. The van der Waals surface area contributed by atoms with E-state index in [-0.39, 0.29) is 0 Å². The van der Waals surface area contributed by atoms with Crippen molar-refractivity contribution in [1.82, 2.24) is 9.88 Å². The summed E-state index contributed by atoms with van der Waals surface area (Å²) in [5.41, 5.74) is 1.27. The lowest BCUT2D eigenvalue weighted by atomic mass is 10.1. The third kappa shape index (κ3) is 3.74. The van der Waals surface area contributed by atoms with Crippen molar-refractivity contribution in [2.75, 3.05) is 20.2 Å². The van der Waals surface area contributed by atoms with Crippen molar-refractivity contribution in [2.24, 2.45) is 5.92 Å². The quantitative estimate of drug-likeness (QED) is 0.773. The van der Waals surface area contributed by atoms with Gasteiger partial charge in [-0.1, -0.05) is 13.8 Å². The average molecular weight is 260 g/mol. The van der Waals surface area contributed by atoms with Crippen molar-refractivity contribution >= 4 is 10.9 Å².